The van der Waals surface area contributed by atoms with Gasteiger partial charge in [-0.3, -0.25) is 9.69 Å². The first kappa shape index (κ1) is 32.0. The molecule has 230 valence electrons. The van der Waals surface area contributed by atoms with Gasteiger partial charge in [-0.05, 0) is 88.1 Å². The summed E-state index contributed by atoms with van der Waals surface area (Å²) < 4.78 is 33.8. The van der Waals surface area contributed by atoms with E-state index in [0.717, 1.165) is 51.6 Å². The van der Waals surface area contributed by atoms with E-state index in [2.05, 4.69) is 40.5 Å². The standard InChI is InChI=1S/C31H40Cl3N3O4S/c32-24-19-27(33)31(28(34)20-24)42(39,40)37(26-13-14-26)17-18-41-21-29(38)35-25-11-9-23(10-12-25)30(22-7-3-1-4-8-22)36-15-5-2-6-16-36/h1,3-4,7-8,19-20,23,25-26,30H,2,5-6,9-18,21H2,(H,35,38). The second kappa shape index (κ2) is 14.6. The molecular formula is C31H40Cl3N3O4S. The molecule has 1 N–H and O–H groups in total. The normalized spacial score (nSPS) is 22.7. The highest BCUT2D eigenvalue weighted by molar-refractivity contribution is 7.89. The van der Waals surface area contributed by atoms with Crippen molar-refractivity contribution in [1.82, 2.24) is 14.5 Å². The molecule has 1 saturated heterocycles. The second-order valence-electron chi connectivity index (χ2n) is 11.7. The number of hydrogen-bond acceptors (Lipinski definition) is 5. The molecule has 1 atom stereocenters. The molecule has 1 aliphatic heterocycles. The zero-order valence-corrected chi connectivity index (χ0v) is 26.9. The Morgan fingerprint density at radius 1 is 0.952 bits per heavy atom. The number of likely N-dealkylation sites (tertiary alicyclic amines) is 1. The fourth-order valence-corrected chi connectivity index (χ4v) is 9.72. The van der Waals surface area contributed by atoms with E-state index in [0.29, 0.717) is 12.0 Å². The molecule has 0 spiro atoms. The summed E-state index contributed by atoms with van der Waals surface area (Å²) in [6, 6.07) is 14.1. The number of amides is 1. The Labute approximate surface area is 264 Å². The Balaban J connectivity index is 1.09. The van der Waals surface area contributed by atoms with E-state index in [9.17, 15) is 13.2 Å². The number of rotatable bonds is 12. The molecule has 7 nitrogen and oxygen atoms in total. The van der Waals surface area contributed by atoms with E-state index in [4.69, 9.17) is 39.5 Å². The van der Waals surface area contributed by atoms with Crippen molar-refractivity contribution in [3.8, 4) is 0 Å². The van der Waals surface area contributed by atoms with E-state index in [-0.39, 0.29) is 57.7 Å². The molecule has 3 fully saturated rings. The minimum absolute atomic E-state index is 0.0146. The number of hydrogen-bond donors (Lipinski definition) is 1. The van der Waals surface area contributed by atoms with Crippen molar-refractivity contribution >= 4 is 50.7 Å². The molecule has 2 aromatic rings. The van der Waals surface area contributed by atoms with Crippen LogP contribution in [0.15, 0.2) is 47.4 Å². The van der Waals surface area contributed by atoms with Crippen LogP contribution in [0.3, 0.4) is 0 Å². The molecule has 2 saturated carbocycles. The molecule has 0 radical (unpaired) electrons. The Morgan fingerprint density at radius 3 is 2.21 bits per heavy atom. The van der Waals surface area contributed by atoms with Crippen LogP contribution in [0, 0.1) is 5.92 Å². The monoisotopic (exact) mass is 655 g/mol. The fourth-order valence-electron chi connectivity index (χ4n) is 6.55. The lowest BCUT2D eigenvalue weighted by molar-refractivity contribution is -0.126. The topological polar surface area (TPSA) is 78.9 Å². The van der Waals surface area contributed by atoms with Gasteiger partial charge in [-0.25, -0.2) is 8.42 Å². The summed E-state index contributed by atoms with van der Waals surface area (Å²) in [5.74, 6) is 0.409. The highest BCUT2D eigenvalue weighted by Gasteiger charge is 2.40. The number of halogens is 3. The largest absolute Gasteiger partial charge is 0.370 e. The molecule has 2 aliphatic carbocycles. The van der Waals surface area contributed by atoms with Crippen molar-refractivity contribution in [1.29, 1.82) is 0 Å². The molecule has 1 heterocycles. The SMILES string of the molecule is O=C(COCCN(C1CC1)S(=O)(=O)c1c(Cl)cc(Cl)cc1Cl)NC1CCC(C(c2ccccc2)N2CCCCC2)CC1. The molecule has 3 aliphatic rings. The molecule has 5 rings (SSSR count). The predicted octanol–water partition coefficient (Wildman–Crippen LogP) is 6.72. The number of piperidine rings is 1. The van der Waals surface area contributed by atoms with Crippen molar-refractivity contribution in [2.24, 2.45) is 5.92 Å². The highest BCUT2D eigenvalue weighted by Crippen LogP contribution is 2.40. The van der Waals surface area contributed by atoms with Gasteiger partial charge in [0, 0.05) is 29.7 Å². The van der Waals surface area contributed by atoms with Crippen LogP contribution < -0.4 is 5.32 Å². The third-order valence-electron chi connectivity index (χ3n) is 8.68. The van der Waals surface area contributed by atoms with Gasteiger partial charge in [0.2, 0.25) is 15.9 Å². The Hall–Kier alpha value is -1.39. The Kier molecular flexibility index (Phi) is 11.1. The maximum Gasteiger partial charge on any atom is 0.246 e. The van der Waals surface area contributed by atoms with Crippen LogP contribution in [-0.4, -0.2) is 68.5 Å². The number of nitrogens with zero attached hydrogens (tertiary/aromatic N) is 2. The molecular weight excluding hydrogens is 617 g/mol. The number of nitrogens with one attached hydrogen (secondary N) is 1. The third-order valence-corrected chi connectivity index (χ3v) is 11.8. The molecule has 2 aromatic carbocycles. The van der Waals surface area contributed by atoms with Crippen molar-refractivity contribution in [2.75, 3.05) is 32.8 Å². The zero-order chi connectivity index (χ0) is 29.7. The van der Waals surface area contributed by atoms with Gasteiger partial charge in [-0.1, -0.05) is 71.6 Å². The molecule has 1 unspecified atom stereocenters. The summed E-state index contributed by atoms with van der Waals surface area (Å²) in [6.07, 6.45) is 9.41. The minimum Gasteiger partial charge on any atom is -0.370 e. The van der Waals surface area contributed by atoms with Crippen LogP contribution in [0.2, 0.25) is 15.1 Å². The average Bonchev–Trinajstić information content (AvgIpc) is 3.79. The quantitative estimate of drug-likeness (QED) is 0.257. The number of ether oxygens (including phenoxy) is 1. The van der Waals surface area contributed by atoms with E-state index >= 15 is 0 Å². The minimum atomic E-state index is -3.95. The van der Waals surface area contributed by atoms with E-state index < -0.39 is 10.0 Å². The predicted molar refractivity (Wildman–Crippen MR) is 168 cm³/mol. The Morgan fingerprint density at radius 2 is 1.60 bits per heavy atom. The van der Waals surface area contributed by atoms with Crippen molar-refractivity contribution < 1.29 is 17.9 Å². The van der Waals surface area contributed by atoms with Crippen LogP contribution in [-0.2, 0) is 19.6 Å². The van der Waals surface area contributed by atoms with Gasteiger partial charge in [0.05, 0.1) is 16.7 Å². The zero-order valence-electron chi connectivity index (χ0n) is 23.8. The van der Waals surface area contributed by atoms with E-state index in [1.807, 2.05) is 0 Å². The van der Waals surface area contributed by atoms with E-state index in [1.165, 1.54) is 41.3 Å². The summed E-state index contributed by atoms with van der Waals surface area (Å²) in [5, 5.41) is 3.38. The van der Waals surface area contributed by atoms with Crippen LogP contribution >= 0.6 is 34.8 Å². The first-order chi connectivity index (χ1) is 20.2. The molecule has 0 aromatic heterocycles. The van der Waals surface area contributed by atoms with Crippen molar-refractivity contribution in [3.63, 3.8) is 0 Å². The summed E-state index contributed by atoms with van der Waals surface area (Å²) in [7, 11) is -3.95. The smallest absolute Gasteiger partial charge is 0.246 e. The van der Waals surface area contributed by atoms with Crippen molar-refractivity contribution in [2.45, 2.75) is 80.8 Å². The van der Waals surface area contributed by atoms with Crippen LogP contribution in [0.4, 0.5) is 0 Å². The molecule has 0 bridgehead atoms. The van der Waals surface area contributed by atoms with Gasteiger partial charge in [0.15, 0.2) is 0 Å². The molecule has 42 heavy (non-hydrogen) atoms. The first-order valence-corrected chi connectivity index (χ1v) is 17.6. The van der Waals surface area contributed by atoms with Crippen LogP contribution in [0.1, 0.15) is 69.4 Å². The highest BCUT2D eigenvalue weighted by atomic mass is 35.5. The number of carbonyl (C=O) groups is 1. The van der Waals surface area contributed by atoms with Crippen molar-refractivity contribution in [3.05, 3.63) is 63.1 Å². The van der Waals surface area contributed by atoms with Crippen LogP contribution in [0.25, 0.3) is 0 Å². The summed E-state index contributed by atoms with van der Waals surface area (Å²) in [6.45, 7) is 2.41. The summed E-state index contributed by atoms with van der Waals surface area (Å²) in [4.78, 5) is 15.2. The fraction of sp³-hybridized carbons (Fsp3) is 0.581. The van der Waals surface area contributed by atoms with Gasteiger partial charge in [0.25, 0.3) is 0 Å². The number of benzene rings is 2. The lowest BCUT2D eigenvalue weighted by Gasteiger charge is -2.42. The maximum absolute atomic E-state index is 13.4. The lowest BCUT2D eigenvalue weighted by atomic mass is 9.78. The average molecular weight is 657 g/mol. The van der Waals surface area contributed by atoms with Gasteiger partial charge in [-0.2, -0.15) is 4.31 Å². The van der Waals surface area contributed by atoms with Crippen LogP contribution in [0.5, 0.6) is 0 Å². The maximum atomic E-state index is 13.4. The first-order valence-electron chi connectivity index (χ1n) is 15.1. The Bertz CT molecular complexity index is 1290. The van der Waals surface area contributed by atoms with Gasteiger partial charge < -0.3 is 10.1 Å². The van der Waals surface area contributed by atoms with Gasteiger partial charge >= 0.3 is 0 Å². The van der Waals surface area contributed by atoms with Gasteiger partial charge in [-0.15, -0.1) is 0 Å². The summed E-state index contributed by atoms with van der Waals surface area (Å²) >= 11 is 18.4. The summed E-state index contributed by atoms with van der Waals surface area (Å²) in [5.41, 5.74) is 1.41. The molecule has 11 heteroatoms. The molecule has 1 amide bonds. The number of sulfonamides is 1. The van der Waals surface area contributed by atoms with E-state index in [1.54, 1.807) is 0 Å². The third kappa shape index (κ3) is 8.00. The second-order valence-corrected chi connectivity index (χ2v) is 14.8. The lowest BCUT2D eigenvalue weighted by Crippen LogP contribution is -2.43. The van der Waals surface area contributed by atoms with Gasteiger partial charge in [0.1, 0.15) is 11.5 Å². The number of carbonyl (C=O) groups excluding carboxylic acids is 1.